The second-order valence-corrected chi connectivity index (χ2v) is 2.07. The van der Waals surface area contributed by atoms with E-state index in [-0.39, 0.29) is 0 Å². The van der Waals surface area contributed by atoms with Gasteiger partial charge in [0.05, 0.1) is 6.07 Å². The van der Waals surface area contributed by atoms with Crippen LogP contribution in [0.15, 0.2) is 12.7 Å². The zero-order chi connectivity index (χ0) is 8.57. The molecule has 0 aliphatic carbocycles. The molecule has 5 heteroatoms. The molecule has 1 N–H and O–H groups in total. The van der Waals surface area contributed by atoms with Gasteiger partial charge in [-0.15, -0.1) is 0 Å². The highest BCUT2D eigenvalue weighted by molar-refractivity contribution is 6.52. The third kappa shape index (κ3) is 15.7. The van der Waals surface area contributed by atoms with Gasteiger partial charge in [-0.2, -0.15) is 5.26 Å². The molecule has 0 heterocycles. The lowest BCUT2D eigenvalue weighted by Gasteiger charge is -1.84. The van der Waals surface area contributed by atoms with Gasteiger partial charge in [-0.3, -0.25) is 0 Å². The zero-order valence-electron chi connectivity index (χ0n) is 4.92. The van der Waals surface area contributed by atoms with Crippen molar-refractivity contribution < 1.29 is 9.90 Å². The molecule has 0 unspecified atom stereocenters. The van der Waals surface area contributed by atoms with Gasteiger partial charge in [-0.25, -0.2) is 4.79 Å². The van der Waals surface area contributed by atoms with E-state index in [4.69, 9.17) is 33.6 Å². The monoisotopic (exact) mass is 181 g/mol. The summed E-state index contributed by atoms with van der Waals surface area (Å²) in [6, 6.07) is 1.69. The first-order chi connectivity index (χ1) is 4.56. The Bertz CT molecular complexity index is 150. The Hall–Kier alpha value is -0.720. The fourth-order valence-corrected chi connectivity index (χ4v) is 0. The molecule has 0 fully saturated rings. The molecule has 0 aromatic heterocycles. The topological polar surface area (TPSA) is 61.1 Å². The molecule has 0 saturated heterocycles. The number of nitrogens with zero attached hydrogens (tertiary/aromatic N) is 1. The third-order valence-electron chi connectivity index (χ3n) is 0.278. The Labute approximate surface area is 68.5 Å². The van der Waals surface area contributed by atoms with E-state index in [1.54, 1.807) is 6.07 Å². The van der Waals surface area contributed by atoms with Crippen molar-refractivity contribution in [3.8, 4) is 6.07 Å². The first-order valence-corrected chi connectivity index (χ1v) is 2.95. The van der Waals surface area contributed by atoms with Crippen molar-refractivity contribution in [3.05, 3.63) is 12.7 Å². The second-order valence-electron chi connectivity index (χ2n) is 0.972. The van der Waals surface area contributed by atoms with Gasteiger partial charge >= 0.3 is 5.97 Å². The van der Waals surface area contributed by atoms with Gasteiger partial charge in [0.15, 0.2) is 0 Å². The van der Waals surface area contributed by atoms with Crippen molar-refractivity contribution in [1.82, 2.24) is 0 Å². The van der Waals surface area contributed by atoms with E-state index in [1.165, 1.54) is 6.08 Å². The predicted octanol–water partition coefficient (Wildman–Crippen LogP) is 1.57. The number of hydrogen-bond acceptors (Lipinski definition) is 2. The number of carboxylic acids is 1. The maximum atomic E-state index is 9.44. The van der Waals surface area contributed by atoms with Crippen molar-refractivity contribution in [1.29, 1.82) is 5.26 Å². The molecule has 0 aromatic rings. The van der Waals surface area contributed by atoms with E-state index in [0.29, 0.717) is 0 Å². The third-order valence-corrected chi connectivity index (χ3v) is 0.651. The van der Waals surface area contributed by atoms with Crippen molar-refractivity contribution in [2.24, 2.45) is 0 Å². The highest BCUT2D eigenvalue weighted by atomic mass is 35.5. The minimum atomic E-state index is -1.29. The normalized spacial score (nSPS) is 7.00. The zero-order valence-corrected chi connectivity index (χ0v) is 6.43. The van der Waals surface area contributed by atoms with Crippen LogP contribution in [0.25, 0.3) is 0 Å². The number of carboxylic acid groups (broad SMARTS) is 1. The lowest BCUT2D eigenvalue weighted by atomic mass is 10.8. The van der Waals surface area contributed by atoms with Crippen molar-refractivity contribution >= 4 is 29.2 Å². The summed E-state index contributed by atoms with van der Waals surface area (Å²) < 4.78 is 0. The minimum Gasteiger partial charge on any atom is -0.479 e. The van der Waals surface area contributed by atoms with E-state index in [2.05, 4.69) is 6.58 Å². The Kier molecular flexibility index (Phi) is 9.94. The Morgan fingerprint density at radius 3 is 2.00 bits per heavy atom. The molecular formula is C5H5Cl2NO2. The van der Waals surface area contributed by atoms with Crippen molar-refractivity contribution in [3.63, 3.8) is 0 Å². The number of hydrogen-bond donors (Lipinski definition) is 1. The molecule has 0 aliphatic rings. The molecule has 0 amide bonds. The number of nitriles is 1. The van der Waals surface area contributed by atoms with Gasteiger partial charge in [-0.05, 0) is 0 Å². The molecule has 0 aromatic carbocycles. The van der Waals surface area contributed by atoms with Gasteiger partial charge in [0.1, 0.15) is 0 Å². The van der Waals surface area contributed by atoms with Crippen LogP contribution in [0.2, 0.25) is 0 Å². The van der Waals surface area contributed by atoms with E-state index in [1.807, 2.05) is 0 Å². The summed E-state index contributed by atoms with van der Waals surface area (Å²) in [6.45, 7) is 3.12. The van der Waals surface area contributed by atoms with Crippen LogP contribution in [0.1, 0.15) is 0 Å². The summed E-state index contributed by atoms with van der Waals surface area (Å²) in [5.41, 5.74) is 0. The average molecular weight is 182 g/mol. The Morgan fingerprint density at radius 2 is 2.00 bits per heavy atom. The Morgan fingerprint density at radius 1 is 1.80 bits per heavy atom. The van der Waals surface area contributed by atoms with E-state index >= 15 is 0 Å². The molecule has 0 atom stereocenters. The van der Waals surface area contributed by atoms with Gasteiger partial charge in [-0.1, -0.05) is 29.8 Å². The summed E-state index contributed by atoms with van der Waals surface area (Å²) in [7, 11) is 0. The number of aliphatic carboxylic acids is 1. The lowest BCUT2D eigenvalue weighted by Crippen LogP contribution is -2.03. The molecule has 0 spiro atoms. The van der Waals surface area contributed by atoms with E-state index in [0.717, 1.165) is 0 Å². The first-order valence-electron chi connectivity index (χ1n) is 2.07. The summed E-state index contributed by atoms with van der Waals surface area (Å²) >= 11 is 9.56. The molecule has 56 valence electrons. The molecule has 0 rings (SSSR count). The van der Waals surface area contributed by atoms with Crippen LogP contribution in [0.5, 0.6) is 0 Å². The lowest BCUT2D eigenvalue weighted by molar-refractivity contribution is -0.135. The maximum absolute atomic E-state index is 9.44. The van der Waals surface area contributed by atoms with Crippen molar-refractivity contribution in [2.45, 2.75) is 4.84 Å². The largest absolute Gasteiger partial charge is 0.479 e. The van der Waals surface area contributed by atoms with Gasteiger partial charge in [0.2, 0.25) is 4.84 Å². The summed E-state index contributed by atoms with van der Waals surface area (Å²) in [6.07, 6.45) is 1.18. The molecule has 10 heavy (non-hydrogen) atoms. The summed E-state index contributed by atoms with van der Waals surface area (Å²) in [5.74, 6) is -1.21. The van der Waals surface area contributed by atoms with Crippen LogP contribution in [0.4, 0.5) is 0 Å². The number of allylic oxidation sites excluding steroid dienone is 1. The van der Waals surface area contributed by atoms with Gasteiger partial charge in [0.25, 0.3) is 0 Å². The number of carbonyl (C=O) groups is 1. The number of rotatable bonds is 1. The number of alkyl halides is 2. The molecule has 0 aliphatic heterocycles. The minimum absolute atomic E-state index is 1.18. The maximum Gasteiger partial charge on any atom is 0.337 e. The van der Waals surface area contributed by atoms with Gasteiger partial charge in [0, 0.05) is 6.08 Å². The second kappa shape index (κ2) is 8.28. The first kappa shape index (κ1) is 12.0. The quantitative estimate of drug-likeness (QED) is 0.494. The molecule has 0 bridgehead atoms. The van der Waals surface area contributed by atoms with E-state index < -0.39 is 10.8 Å². The standard InChI is InChI=1S/C3H3N.C2H2Cl2O2/c1-2-3-4;3-1(4)2(5)6/h2H,1H2;1H,(H,5,6). The molecule has 3 nitrogen and oxygen atoms in total. The van der Waals surface area contributed by atoms with Crippen LogP contribution in [-0.4, -0.2) is 15.9 Å². The average Bonchev–Trinajstić information content (AvgIpc) is 1.89. The molecule has 0 saturated carbocycles. The fourth-order valence-electron chi connectivity index (χ4n) is 0. The molecular weight excluding hydrogens is 177 g/mol. The fraction of sp³-hybridized carbons (Fsp3) is 0.200. The van der Waals surface area contributed by atoms with Crippen LogP contribution in [0, 0.1) is 11.3 Å². The van der Waals surface area contributed by atoms with Gasteiger partial charge < -0.3 is 5.11 Å². The van der Waals surface area contributed by atoms with Crippen LogP contribution in [0.3, 0.4) is 0 Å². The molecule has 0 radical (unpaired) electrons. The summed E-state index contributed by atoms with van der Waals surface area (Å²) in [5, 5.41) is 15.2. The smallest absolute Gasteiger partial charge is 0.337 e. The predicted molar refractivity (Wildman–Crippen MR) is 38.9 cm³/mol. The SMILES string of the molecule is C=CC#N.O=C(O)C(Cl)Cl. The van der Waals surface area contributed by atoms with Crippen LogP contribution in [-0.2, 0) is 4.79 Å². The van der Waals surface area contributed by atoms with Crippen molar-refractivity contribution in [2.75, 3.05) is 0 Å². The van der Waals surface area contributed by atoms with Crippen LogP contribution >= 0.6 is 23.2 Å². The van der Waals surface area contributed by atoms with E-state index in [9.17, 15) is 4.79 Å². The highest BCUT2D eigenvalue weighted by Gasteiger charge is 2.05. The highest BCUT2D eigenvalue weighted by Crippen LogP contribution is 1.98. The van der Waals surface area contributed by atoms with Crippen LogP contribution < -0.4 is 0 Å². The Balaban J connectivity index is 0. The number of halogens is 2. The summed E-state index contributed by atoms with van der Waals surface area (Å²) in [4.78, 5) is 8.15.